The number of hydrogen-bond acceptors (Lipinski definition) is 3. The molecule has 0 aliphatic rings. The maximum absolute atomic E-state index is 11.4. The molecular weight excluding hydrogens is 237 g/mol. The lowest BCUT2D eigenvalue weighted by atomic mass is 10.3. The van der Waals surface area contributed by atoms with E-state index >= 15 is 0 Å². The minimum Gasteiger partial charge on any atom is -0.369 e. The van der Waals surface area contributed by atoms with Crippen LogP contribution in [0.3, 0.4) is 0 Å². The van der Waals surface area contributed by atoms with Gasteiger partial charge in [-0.2, -0.15) is 0 Å². The van der Waals surface area contributed by atoms with Gasteiger partial charge < -0.3 is 10.3 Å². The summed E-state index contributed by atoms with van der Waals surface area (Å²) in [6, 6.07) is 3.20. The van der Waals surface area contributed by atoms with Crippen LogP contribution in [0, 0.1) is 0 Å². The van der Waals surface area contributed by atoms with Crippen LogP contribution in [0.1, 0.15) is 0 Å². The number of fused-ring (bicyclic) bond motifs is 1. The average Bonchev–Trinajstić information content (AvgIpc) is 2.18. The van der Waals surface area contributed by atoms with Gasteiger partial charge in [-0.05, 0) is 12.1 Å². The Kier molecular flexibility index (Phi) is 2.54. The summed E-state index contributed by atoms with van der Waals surface area (Å²) < 4.78 is 0. The molecule has 0 fully saturated rings. The molecule has 78 valence electrons. The van der Waals surface area contributed by atoms with Crippen LogP contribution < -0.4 is 10.9 Å². The third kappa shape index (κ3) is 1.78. The second-order valence-electron chi connectivity index (χ2n) is 2.95. The molecule has 0 aliphatic heterocycles. The van der Waals surface area contributed by atoms with Gasteiger partial charge in [0, 0.05) is 12.1 Å². The largest absolute Gasteiger partial charge is 0.369 e. The van der Waals surface area contributed by atoms with Gasteiger partial charge in [-0.1, -0.05) is 23.2 Å². The van der Waals surface area contributed by atoms with E-state index in [2.05, 4.69) is 15.3 Å². The van der Waals surface area contributed by atoms with Crippen LogP contribution in [0.4, 0.5) is 5.82 Å². The molecule has 2 rings (SSSR count). The topological polar surface area (TPSA) is 57.8 Å². The number of aromatic nitrogens is 2. The van der Waals surface area contributed by atoms with Crippen LogP contribution in [0.2, 0.25) is 10.0 Å². The normalized spacial score (nSPS) is 10.6. The zero-order valence-electron chi connectivity index (χ0n) is 7.77. The third-order valence-corrected chi connectivity index (χ3v) is 2.47. The second-order valence-corrected chi connectivity index (χ2v) is 3.79. The van der Waals surface area contributed by atoms with Gasteiger partial charge in [0.1, 0.15) is 0 Å². The van der Waals surface area contributed by atoms with Crippen LogP contribution in [-0.2, 0) is 0 Å². The standard InChI is InChI=1S/C9H7Cl2N3O/c1-12-8-9(15)14-7-5(11)2-4(10)3-6(7)13-8/h2-3H,1H3,(H,12,13)(H,14,15). The number of aromatic amines is 1. The lowest BCUT2D eigenvalue weighted by Crippen LogP contribution is -2.13. The first-order valence-electron chi connectivity index (χ1n) is 4.18. The predicted octanol–water partition coefficient (Wildman–Crippen LogP) is 2.27. The van der Waals surface area contributed by atoms with Gasteiger partial charge in [0.2, 0.25) is 0 Å². The Morgan fingerprint density at radius 1 is 1.40 bits per heavy atom. The van der Waals surface area contributed by atoms with Gasteiger partial charge in [-0.3, -0.25) is 4.79 Å². The van der Waals surface area contributed by atoms with Crippen molar-refractivity contribution in [3.8, 4) is 0 Å². The number of H-pyrrole nitrogens is 1. The third-order valence-electron chi connectivity index (χ3n) is 1.96. The number of nitrogens with one attached hydrogen (secondary N) is 2. The molecule has 6 heteroatoms. The zero-order chi connectivity index (χ0) is 11.0. The molecule has 0 atom stereocenters. The summed E-state index contributed by atoms with van der Waals surface area (Å²) in [5.41, 5.74) is 0.732. The lowest BCUT2D eigenvalue weighted by molar-refractivity contribution is 1.20. The summed E-state index contributed by atoms with van der Waals surface area (Å²) in [5.74, 6) is 0.237. The molecule has 0 amide bonds. The molecule has 0 bridgehead atoms. The highest BCUT2D eigenvalue weighted by atomic mass is 35.5. The number of hydrogen-bond donors (Lipinski definition) is 2. The van der Waals surface area contributed by atoms with Gasteiger partial charge in [0.25, 0.3) is 5.56 Å². The number of halogens is 2. The van der Waals surface area contributed by atoms with Gasteiger partial charge in [0.05, 0.1) is 16.1 Å². The van der Waals surface area contributed by atoms with Crippen molar-refractivity contribution in [3.63, 3.8) is 0 Å². The van der Waals surface area contributed by atoms with Crippen molar-refractivity contribution in [3.05, 3.63) is 32.5 Å². The Balaban J connectivity index is 2.87. The Labute approximate surface area is 95.2 Å². The minimum atomic E-state index is -0.311. The van der Waals surface area contributed by atoms with E-state index in [-0.39, 0.29) is 11.4 Å². The highest BCUT2D eigenvalue weighted by Gasteiger charge is 2.07. The Morgan fingerprint density at radius 2 is 2.13 bits per heavy atom. The molecule has 15 heavy (non-hydrogen) atoms. The molecule has 1 heterocycles. The smallest absolute Gasteiger partial charge is 0.291 e. The summed E-state index contributed by atoms with van der Waals surface area (Å²) in [7, 11) is 1.62. The van der Waals surface area contributed by atoms with Crippen LogP contribution in [0.15, 0.2) is 16.9 Å². The summed E-state index contributed by atoms with van der Waals surface area (Å²) in [6.07, 6.45) is 0. The van der Waals surface area contributed by atoms with E-state index in [1.165, 1.54) is 0 Å². The van der Waals surface area contributed by atoms with Crippen molar-refractivity contribution >= 4 is 40.1 Å². The molecule has 1 aromatic heterocycles. The van der Waals surface area contributed by atoms with E-state index in [0.29, 0.717) is 21.1 Å². The Hall–Kier alpha value is -1.26. The first-order valence-corrected chi connectivity index (χ1v) is 4.94. The Morgan fingerprint density at radius 3 is 2.80 bits per heavy atom. The van der Waals surface area contributed by atoms with Crippen molar-refractivity contribution in [1.29, 1.82) is 0 Å². The highest BCUT2D eigenvalue weighted by molar-refractivity contribution is 6.38. The quantitative estimate of drug-likeness (QED) is 0.808. The van der Waals surface area contributed by atoms with Crippen LogP contribution in [0.5, 0.6) is 0 Å². The lowest BCUT2D eigenvalue weighted by Gasteiger charge is -2.03. The maximum atomic E-state index is 11.4. The molecule has 0 saturated carbocycles. The van der Waals surface area contributed by atoms with E-state index in [9.17, 15) is 4.79 Å². The maximum Gasteiger partial charge on any atom is 0.291 e. The summed E-state index contributed by atoms with van der Waals surface area (Å²) in [4.78, 5) is 18.2. The molecule has 2 N–H and O–H groups in total. The predicted molar refractivity (Wildman–Crippen MR) is 61.9 cm³/mol. The Bertz CT molecular complexity index is 579. The minimum absolute atomic E-state index is 0.237. The highest BCUT2D eigenvalue weighted by Crippen LogP contribution is 2.24. The average molecular weight is 244 g/mol. The van der Waals surface area contributed by atoms with Crippen molar-refractivity contribution in [1.82, 2.24) is 9.97 Å². The second kappa shape index (κ2) is 3.72. The van der Waals surface area contributed by atoms with Gasteiger partial charge >= 0.3 is 0 Å². The van der Waals surface area contributed by atoms with E-state index in [4.69, 9.17) is 23.2 Å². The van der Waals surface area contributed by atoms with Gasteiger partial charge in [0.15, 0.2) is 5.82 Å². The number of benzene rings is 1. The molecule has 0 unspecified atom stereocenters. The SMILES string of the molecule is CNc1nc2cc(Cl)cc(Cl)c2[nH]c1=O. The number of rotatable bonds is 1. The summed E-state index contributed by atoms with van der Waals surface area (Å²) in [6.45, 7) is 0. The molecule has 0 aliphatic carbocycles. The van der Waals surface area contributed by atoms with E-state index < -0.39 is 0 Å². The molecule has 0 saturated heterocycles. The molecular formula is C9H7Cl2N3O. The summed E-state index contributed by atoms with van der Waals surface area (Å²) in [5, 5.41) is 3.55. The van der Waals surface area contributed by atoms with E-state index in [1.54, 1.807) is 19.2 Å². The van der Waals surface area contributed by atoms with Crippen LogP contribution >= 0.6 is 23.2 Å². The monoisotopic (exact) mass is 243 g/mol. The molecule has 0 spiro atoms. The molecule has 2 aromatic rings. The van der Waals surface area contributed by atoms with Gasteiger partial charge in [-0.25, -0.2) is 4.98 Å². The van der Waals surface area contributed by atoms with E-state index in [0.717, 1.165) is 0 Å². The fourth-order valence-electron chi connectivity index (χ4n) is 1.29. The molecule has 0 radical (unpaired) electrons. The van der Waals surface area contributed by atoms with Crippen LogP contribution in [0.25, 0.3) is 11.0 Å². The molecule has 1 aromatic carbocycles. The fraction of sp³-hybridized carbons (Fsp3) is 0.111. The first kappa shape index (κ1) is 10.3. The zero-order valence-corrected chi connectivity index (χ0v) is 9.28. The fourth-order valence-corrected chi connectivity index (χ4v) is 1.82. The number of anilines is 1. The van der Waals surface area contributed by atoms with Crippen molar-refractivity contribution in [2.45, 2.75) is 0 Å². The first-order chi connectivity index (χ1) is 7.11. The molecule has 4 nitrogen and oxygen atoms in total. The van der Waals surface area contributed by atoms with Crippen molar-refractivity contribution in [2.24, 2.45) is 0 Å². The van der Waals surface area contributed by atoms with Crippen LogP contribution in [-0.4, -0.2) is 17.0 Å². The number of nitrogens with zero attached hydrogens (tertiary/aromatic N) is 1. The van der Waals surface area contributed by atoms with Crippen molar-refractivity contribution in [2.75, 3.05) is 12.4 Å². The summed E-state index contributed by atoms with van der Waals surface area (Å²) >= 11 is 11.7. The van der Waals surface area contributed by atoms with Gasteiger partial charge in [-0.15, -0.1) is 0 Å². The van der Waals surface area contributed by atoms with E-state index in [1.807, 2.05) is 0 Å². The van der Waals surface area contributed by atoms with Crippen molar-refractivity contribution < 1.29 is 0 Å².